The average Bonchev–Trinajstić information content (AvgIpc) is 2.54. The molecule has 12 heavy (non-hydrogen) atoms. The third-order valence-electron chi connectivity index (χ3n) is 1.51. The Hall–Kier alpha value is -0.800. The summed E-state index contributed by atoms with van der Waals surface area (Å²) in [4.78, 5) is 4.26. The first-order valence-corrected chi connectivity index (χ1v) is 4.89. The molecule has 0 fully saturated rings. The molecule has 2 rings (SSSR count). The van der Waals surface area contributed by atoms with Gasteiger partial charge in [0, 0.05) is 10.9 Å². The standard InChI is InChI=1S/C9H7NS2/c11-8-6-12-9(10-8)7-4-2-1-3-5-7/h1-6,11H. The molecule has 0 aliphatic rings. The summed E-state index contributed by atoms with van der Waals surface area (Å²) >= 11 is 5.77. The van der Waals surface area contributed by atoms with E-state index in [0.29, 0.717) is 0 Å². The first-order chi connectivity index (χ1) is 5.86. The lowest BCUT2D eigenvalue weighted by atomic mass is 10.2. The quantitative estimate of drug-likeness (QED) is 0.687. The molecule has 3 heteroatoms. The highest BCUT2D eigenvalue weighted by molar-refractivity contribution is 7.80. The van der Waals surface area contributed by atoms with Gasteiger partial charge in [-0.15, -0.1) is 24.0 Å². The minimum atomic E-state index is 0.791. The zero-order chi connectivity index (χ0) is 8.39. The average molecular weight is 193 g/mol. The lowest BCUT2D eigenvalue weighted by Gasteiger charge is -1.92. The first kappa shape index (κ1) is 7.83. The maximum Gasteiger partial charge on any atom is 0.124 e. The summed E-state index contributed by atoms with van der Waals surface area (Å²) in [6.07, 6.45) is 0. The van der Waals surface area contributed by atoms with Crippen LogP contribution in [0.3, 0.4) is 0 Å². The van der Waals surface area contributed by atoms with Crippen molar-refractivity contribution in [3.05, 3.63) is 35.7 Å². The van der Waals surface area contributed by atoms with Gasteiger partial charge in [-0.05, 0) is 0 Å². The van der Waals surface area contributed by atoms with Crippen molar-refractivity contribution in [3.8, 4) is 10.6 Å². The van der Waals surface area contributed by atoms with Crippen LogP contribution in [0.4, 0.5) is 0 Å². The Labute approximate surface area is 80.5 Å². The summed E-state index contributed by atoms with van der Waals surface area (Å²) in [6.45, 7) is 0. The van der Waals surface area contributed by atoms with Crippen molar-refractivity contribution in [2.45, 2.75) is 5.03 Å². The number of thiazole rings is 1. The normalized spacial score (nSPS) is 10.1. The van der Waals surface area contributed by atoms with E-state index >= 15 is 0 Å². The highest BCUT2D eigenvalue weighted by Crippen LogP contribution is 2.24. The minimum absolute atomic E-state index is 0.791. The van der Waals surface area contributed by atoms with Gasteiger partial charge in [-0.3, -0.25) is 0 Å². The monoisotopic (exact) mass is 193 g/mol. The molecule has 1 heterocycles. The second kappa shape index (κ2) is 3.29. The Kier molecular flexibility index (Phi) is 2.15. The molecule has 1 aromatic carbocycles. The van der Waals surface area contributed by atoms with Gasteiger partial charge in [0.25, 0.3) is 0 Å². The largest absolute Gasteiger partial charge is 0.230 e. The number of benzene rings is 1. The maximum atomic E-state index is 4.26. The predicted octanol–water partition coefficient (Wildman–Crippen LogP) is 3.10. The second-order valence-corrected chi connectivity index (χ2v) is 3.69. The van der Waals surface area contributed by atoms with E-state index in [1.54, 1.807) is 11.3 Å². The highest BCUT2D eigenvalue weighted by Gasteiger charge is 1.99. The van der Waals surface area contributed by atoms with E-state index in [1.165, 1.54) is 0 Å². The summed E-state index contributed by atoms with van der Waals surface area (Å²) < 4.78 is 0. The van der Waals surface area contributed by atoms with Crippen LogP contribution >= 0.6 is 24.0 Å². The van der Waals surface area contributed by atoms with E-state index in [9.17, 15) is 0 Å². The number of thiol groups is 1. The Morgan fingerprint density at radius 1 is 1.17 bits per heavy atom. The van der Waals surface area contributed by atoms with Crippen LogP contribution in [0.2, 0.25) is 0 Å². The molecule has 0 spiro atoms. The van der Waals surface area contributed by atoms with Gasteiger partial charge in [-0.2, -0.15) is 0 Å². The third kappa shape index (κ3) is 1.52. The fourth-order valence-electron chi connectivity index (χ4n) is 0.979. The second-order valence-electron chi connectivity index (χ2n) is 2.38. The number of rotatable bonds is 1. The Bertz CT molecular complexity index is 367. The lowest BCUT2D eigenvalue weighted by Crippen LogP contribution is -1.73. The van der Waals surface area contributed by atoms with E-state index in [-0.39, 0.29) is 0 Å². The number of hydrogen-bond acceptors (Lipinski definition) is 3. The van der Waals surface area contributed by atoms with E-state index < -0.39 is 0 Å². The molecule has 2 aromatic rings. The van der Waals surface area contributed by atoms with Crippen LogP contribution in [0.1, 0.15) is 0 Å². The summed E-state index contributed by atoms with van der Waals surface area (Å²) in [6, 6.07) is 10.1. The van der Waals surface area contributed by atoms with Gasteiger partial charge < -0.3 is 0 Å². The molecular weight excluding hydrogens is 186 g/mol. The molecule has 0 saturated heterocycles. The van der Waals surface area contributed by atoms with Crippen molar-refractivity contribution in [1.82, 2.24) is 4.98 Å². The fraction of sp³-hybridized carbons (Fsp3) is 0. The molecule has 0 atom stereocenters. The topological polar surface area (TPSA) is 12.9 Å². The van der Waals surface area contributed by atoms with E-state index in [0.717, 1.165) is 15.6 Å². The molecule has 0 radical (unpaired) electrons. The molecule has 0 aliphatic carbocycles. The molecule has 1 aromatic heterocycles. The molecule has 0 amide bonds. The van der Waals surface area contributed by atoms with E-state index in [1.807, 2.05) is 35.7 Å². The van der Waals surface area contributed by atoms with Gasteiger partial charge in [0.15, 0.2) is 0 Å². The molecule has 0 unspecified atom stereocenters. The van der Waals surface area contributed by atoms with Crippen molar-refractivity contribution in [2.75, 3.05) is 0 Å². The van der Waals surface area contributed by atoms with Gasteiger partial charge in [0.05, 0.1) is 0 Å². The molecule has 60 valence electrons. The molecule has 1 nitrogen and oxygen atoms in total. The van der Waals surface area contributed by atoms with Crippen molar-refractivity contribution < 1.29 is 0 Å². The predicted molar refractivity (Wildman–Crippen MR) is 54.8 cm³/mol. The molecule has 0 aliphatic heterocycles. The van der Waals surface area contributed by atoms with Gasteiger partial charge >= 0.3 is 0 Å². The SMILES string of the molecule is Sc1csc(-c2ccccc2)n1. The summed E-state index contributed by atoms with van der Waals surface area (Å²) in [5.41, 5.74) is 1.16. The van der Waals surface area contributed by atoms with Gasteiger partial charge in [-0.1, -0.05) is 30.3 Å². The van der Waals surface area contributed by atoms with Crippen LogP contribution in [0.25, 0.3) is 10.6 Å². The molecule has 0 saturated carbocycles. The van der Waals surface area contributed by atoms with Crippen molar-refractivity contribution in [1.29, 1.82) is 0 Å². The van der Waals surface area contributed by atoms with Crippen LogP contribution in [-0.4, -0.2) is 4.98 Å². The first-order valence-electron chi connectivity index (χ1n) is 3.56. The highest BCUT2D eigenvalue weighted by atomic mass is 32.1. The maximum absolute atomic E-state index is 4.26. The van der Waals surface area contributed by atoms with Gasteiger partial charge in [0.1, 0.15) is 10.0 Å². The van der Waals surface area contributed by atoms with Gasteiger partial charge in [-0.25, -0.2) is 4.98 Å². The lowest BCUT2D eigenvalue weighted by molar-refractivity contribution is 1.22. The summed E-state index contributed by atoms with van der Waals surface area (Å²) in [5, 5.41) is 3.75. The van der Waals surface area contributed by atoms with Crippen LogP contribution in [0, 0.1) is 0 Å². The molecule has 0 N–H and O–H groups in total. The molecular formula is C9H7NS2. The summed E-state index contributed by atoms with van der Waals surface area (Å²) in [7, 11) is 0. The third-order valence-corrected chi connectivity index (χ3v) is 2.81. The fourth-order valence-corrected chi connectivity index (χ4v) is 2.00. The summed E-state index contributed by atoms with van der Waals surface area (Å²) in [5.74, 6) is 0. The van der Waals surface area contributed by atoms with Crippen molar-refractivity contribution in [2.24, 2.45) is 0 Å². The number of aromatic nitrogens is 1. The van der Waals surface area contributed by atoms with Crippen LogP contribution in [0.15, 0.2) is 40.7 Å². The Morgan fingerprint density at radius 2 is 1.92 bits per heavy atom. The van der Waals surface area contributed by atoms with E-state index in [2.05, 4.69) is 17.6 Å². The van der Waals surface area contributed by atoms with Gasteiger partial charge in [0.2, 0.25) is 0 Å². The zero-order valence-electron chi connectivity index (χ0n) is 6.27. The Balaban J connectivity index is 2.45. The minimum Gasteiger partial charge on any atom is -0.230 e. The van der Waals surface area contributed by atoms with Crippen LogP contribution < -0.4 is 0 Å². The van der Waals surface area contributed by atoms with Crippen LogP contribution in [0.5, 0.6) is 0 Å². The number of hydrogen-bond donors (Lipinski definition) is 1. The molecule has 0 bridgehead atoms. The van der Waals surface area contributed by atoms with Crippen molar-refractivity contribution >= 4 is 24.0 Å². The van der Waals surface area contributed by atoms with E-state index in [4.69, 9.17) is 0 Å². The Morgan fingerprint density at radius 3 is 2.50 bits per heavy atom. The number of nitrogens with zero attached hydrogens (tertiary/aromatic N) is 1. The van der Waals surface area contributed by atoms with Crippen molar-refractivity contribution in [3.63, 3.8) is 0 Å². The smallest absolute Gasteiger partial charge is 0.124 e. The van der Waals surface area contributed by atoms with Crippen LogP contribution in [-0.2, 0) is 0 Å². The zero-order valence-corrected chi connectivity index (χ0v) is 7.98.